The minimum Gasteiger partial charge on any atom is -1.00 e. The third kappa shape index (κ3) is 2.93. The molecule has 0 atom stereocenters. The van der Waals surface area contributed by atoms with Crippen molar-refractivity contribution >= 4 is 17.0 Å². The van der Waals surface area contributed by atoms with Crippen LogP contribution in [0, 0.1) is 0 Å². The maximum Gasteiger partial charge on any atom is 1.00 e. The molecule has 2 aromatic rings. The number of imidazole rings is 1. The van der Waals surface area contributed by atoms with Crippen molar-refractivity contribution in [3.05, 3.63) is 29.6 Å². The fourth-order valence-corrected chi connectivity index (χ4v) is 1.78. The summed E-state index contributed by atoms with van der Waals surface area (Å²) in [4.78, 5) is 14.4. The fourth-order valence-electron chi connectivity index (χ4n) is 1.78. The molecule has 19 heavy (non-hydrogen) atoms. The second kappa shape index (κ2) is 5.27. The molecule has 2 rings (SSSR count). The van der Waals surface area contributed by atoms with Crippen LogP contribution in [0.3, 0.4) is 0 Å². The summed E-state index contributed by atoms with van der Waals surface area (Å²) in [6, 6.07) is 3.68. The molecule has 1 heterocycles. The largest absolute Gasteiger partial charge is 1.00 e. The van der Waals surface area contributed by atoms with Gasteiger partial charge in [-0.3, -0.25) is 4.79 Å². The molecule has 8 heteroatoms. The Bertz CT molecular complexity index is 628. The normalized spacial score (nSPS) is 11.4. The molecule has 1 aromatic heterocycles. The Kier molecular flexibility index (Phi) is 4.33. The van der Waals surface area contributed by atoms with Crippen LogP contribution >= 0.6 is 0 Å². The zero-order valence-electron chi connectivity index (χ0n) is 11.3. The smallest absolute Gasteiger partial charge is 1.00 e. The van der Waals surface area contributed by atoms with E-state index in [1.54, 1.807) is 0 Å². The van der Waals surface area contributed by atoms with Crippen molar-refractivity contribution in [3.8, 4) is 0 Å². The number of para-hydroxylation sites is 1. The van der Waals surface area contributed by atoms with Gasteiger partial charge in [0, 0.05) is 7.05 Å². The first-order valence-electron chi connectivity index (χ1n) is 5.04. The molecule has 0 aliphatic carbocycles. The van der Waals surface area contributed by atoms with Gasteiger partial charge >= 0.3 is 31.0 Å². The van der Waals surface area contributed by atoms with Crippen LogP contribution in [-0.2, 0) is 24.4 Å². The number of benzene rings is 1. The van der Waals surface area contributed by atoms with E-state index in [1.807, 2.05) is 0 Å². The number of aryl methyl sites for hydroxylation is 1. The average molecular weight is 266 g/mol. The Morgan fingerprint density at radius 2 is 2.11 bits per heavy atom. The molecule has 0 aliphatic rings. The predicted octanol–water partition coefficient (Wildman–Crippen LogP) is -0.664. The van der Waals surface area contributed by atoms with E-state index in [-0.39, 0.29) is 37.1 Å². The number of rotatable bonds is 2. The molecule has 0 saturated heterocycles. The summed E-state index contributed by atoms with van der Waals surface area (Å²) in [6.07, 6.45) is -4.92. The van der Waals surface area contributed by atoms with Gasteiger partial charge in [-0.2, -0.15) is 13.2 Å². The molecule has 0 aliphatic heterocycles. The van der Waals surface area contributed by atoms with Gasteiger partial charge in [-0.1, -0.05) is 6.07 Å². The molecule has 0 radical (unpaired) electrons. The molecule has 98 valence electrons. The van der Waals surface area contributed by atoms with E-state index in [2.05, 4.69) is 4.98 Å². The van der Waals surface area contributed by atoms with Gasteiger partial charge in [-0.05, 0) is 12.1 Å². The topological polar surface area (TPSA) is 55.1 Å². The van der Waals surface area contributed by atoms with Gasteiger partial charge < -0.3 is 11.1 Å². The summed E-state index contributed by atoms with van der Waals surface area (Å²) in [5, 5.41) is 8.67. The molecular formula is C11H10F3LiN2O2. The van der Waals surface area contributed by atoms with Crippen LogP contribution in [0.15, 0.2) is 18.2 Å². The summed E-state index contributed by atoms with van der Waals surface area (Å²) >= 11 is 0. The predicted molar refractivity (Wildman–Crippen MR) is 58.2 cm³/mol. The Morgan fingerprint density at radius 3 is 2.63 bits per heavy atom. The third-order valence-corrected chi connectivity index (χ3v) is 2.62. The molecule has 0 amide bonds. The molecule has 0 unspecified atom stereocenters. The summed E-state index contributed by atoms with van der Waals surface area (Å²) in [6.45, 7) is 0. The van der Waals surface area contributed by atoms with Crippen molar-refractivity contribution in [1.82, 2.24) is 9.55 Å². The molecule has 1 N–H and O–H groups in total. The van der Waals surface area contributed by atoms with Crippen molar-refractivity contribution in [1.29, 1.82) is 0 Å². The molecule has 1 aromatic carbocycles. The Morgan fingerprint density at radius 1 is 1.47 bits per heavy atom. The number of carbonyl (C=O) groups is 1. The Labute approximate surface area is 119 Å². The number of hydrogen-bond acceptors (Lipinski definition) is 2. The van der Waals surface area contributed by atoms with Gasteiger partial charge in [0.15, 0.2) is 0 Å². The van der Waals surface area contributed by atoms with E-state index in [9.17, 15) is 18.0 Å². The van der Waals surface area contributed by atoms with Crippen molar-refractivity contribution < 1.29 is 43.4 Å². The van der Waals surface area contributed by atoms with Gasteiger partial charge in [-0.25, -0.2) is 4.98 Å². The molecule has 0 spiro atoms. The van der Waals surface area contributed by atoms with E-state index in [1.165, 1.54) is 23.7 Å². The van der Waals surface area contributed by atoms with Crippen LogP contribution in [0.25, 0.3) is 11.0 Å². The quantitative estimate of drug-likeness (QED) is 0.734. The first kappa shape index (κ1) is 15.6. The van der Waals surface area contributed by atoms with Crippen LogP contribution in [-0.4, -0.2) is 20.6 Å². The average Bonchev–Trinajstić information content (AvgIpc) is 2.54. The van der Waals surface area contributed by atoms with E-state index in [0.29, 0.717) is 0 Å². The fraction of sp³-hybridized carbons (Fsp3) is 0.273. The number of hydrogen-bond donors (Lipinski definition) is 1. The molecule has 0 saturated carbocycles. The maximum atomic E-state index is 12.8. The van der Waals surface area contributed by atoms with E-state index in [0.717, 1.165) is 6.07 Å². The minimum atomic E-state index is -4.51. The minimum absolute atomic E-state index is 0. The zero-order chi connectivity index (χ0) is 13.5. The molecule has 4 nitrogen and oxygen atoms in total. The number of nitrogens with zero attached hydrogens (tertiary/aromatic N) is 2. The number of carboxylic acids is 1. The van der Waals surface area contributed by atoms with Crippen molar-refractivity contribution in [3.63, 3.8) is 0 Å². The first-order chi connectivity index (χ1) is 8.30. The number of halogens is 3. The number of carboxylic acid groups (broad SMARTS) is 1. The van der Waals surface area contributed by atoms with Gasteiger partial charge in [0.05, 0.1) is 11.1 Å². The third-order valence-electron chi connectivity index (χ3n) is 2.62. The SMILES string of the molecule is Cn1c(CC(=O)O)nc2c(C(F)(F)F)cccc21.[H-].[Li+]. The summed E-state index contributed by atoms with van der Waals surface area (Å²) < 4.78 is 39.6. The Balaban J connectivity index is 0.00000180. The van der Waals surface area contributed by atoms with Crippen molar-refractivity contribution in [2.45, 2.75) is 12.6 Å². The maximum absolute atomic E-state index is 12.8. The van der Waals surface area contributed by atoms with Crippen LogP contribution in [0.4, 0.5) is 13.2 Å². The van der Waals surface area contributed by atoms with Gasteiger partial charge in [0.2, 0.25) is 0 Å². The van der Waals surface area contributed by atoms with Crippen LogP contribution < -0.4 is 18.9 Å². The number of aliphatic carboxylic acids is 1. The number of alkyl halides is 3. The Hall–Kier alpha value is -1.45. The van der Waals surface area contributed by atoms with Gasteiger partial charge in [-0.15, -0.1) is 0 Å². The number of fused-ring (bicyclic) bond motifs is 1. The second-order valence-corrected chi connectivity index (χ2v) is 3.83. The van der Waals surface area contributed by atoms with E-state index < -0.39 is 24.1 Å². The summed E-state index contributed by atoms with van der Waals surface area (Å²) in [7, 11) is 1.49. The molecule has 0 fully saturated rings. The van der Waals surface area contributed by atoms with Crippen molar-refractivity contribution in [2.24, 2.45) is 7.05 Å². The van der Waals surface area contributed by atoms with Crippen LogP contribution in [0.2, 0.25) is 0 Å². The van der Waals surface area contributed by atoms with E-state index in [4.69, 9.17) is 5.11 Å². The number of aromatic nitrogens is 2. The first-order valence-corrected chi connectivity index (χ1v) is 5.04. The van der Waals surface area contributed by atoms with Crippen molar-refractivity contribution in [2.75, 3.05) is 0 Å². The van der Waals surface area contributed by atoms with Crippen LogP contribution in [0.5, 0.6) is 0 Å². The monoisotopic (exact) mass is 266 g/mol. The second-order valence-electron chi connectivity index (χ2n) is 3.83. The standard InChI is InChI=1S/C11H9F3N2O2.Li.H/c1-16-7-4-2-3-6(11(12,13)14)10(7)15-8(16)5-9(17)18;;/h2-4H,5H2,1H3,(H,17,18);;/q;+1;-1. The van der Waals surface area contributed by atoms with E-state index >= 15 is 0 Å². The van der Waals surface area contributed by atoms with Gasteiger partial charge in [0.1, 0.15) is 17.8 Å². The molecular weight excluding hydrogens is 256 g/mol. The summed E-state index contributed by atoms with van der Waals surface area (Å²) in [5.41, 5.74) is -0.808. The molecule has 0 bridgehead atoms. The van der Waals surface area contributed by atoms with Crippen LogP contribution in [0.1, 0.15) is 12.8 Å². The zero-order valence-corrected chi connectivity index (χ0v) is 10.3. The van der Waals surface area contributed by atoms with Gasteiger partial charge in [0.25, 0.3) is 0 Å². The summed E-state index contributed by atoms with van der Waals surface area (Å²) in [5.74, 6) is -1.05.